The lowest BCUT2D eigenvalue weighted by Crippen LogP contribution is -2.15. The van der Waals surface area contributed by atoms with E-state index in [-0.39, 0.29) is 12.1 Å². The number of hydrogen-bond acceptors (Lipinski definition) is 7. The normalized spacial score (nSPS) is 10.8. The number of hydrogen-bond donors (Lipinski definition) is 1. The Labute approximate surface area is 152 Å². The molecule has 2 aromatic heterocycles. The van der Waals surface area contributed by atoms with E-state index in [1.165, 1.54) is 30.2 Å². The van der Waals surface area contributed by atoms with Crippen molar-refractivity contribution in [3.63, 3.8) is 0 Å². The Morgan fingerprint density at radius 3 is 2.65 bits per heavy atom. The number of aromatic nitrogens is 3. The van der Waals surface area contributed by atoms with Gasteiger partial charge in [0, 0.05) is 30.9 Å². The van der Waals surface area contributed by atoms with Gasteiger partial charge in [-0.05, 0) is 17.7 Å². The predicted molar refractivity (Wildman–Crippen MR) is 94.2 cm³/mol. The molecule has 1 aromatic carbocycles. The molecule has 0 fully saturated rings. The molecule has 0 atom stereocenters. The Morgan fingerprint density at radius 1 is 1.27 bits per heavy atom. The largest absolute Gasteiger partial charge is 0.461 e. The van der Waals surface area contributed by atoms with Crippen molar-refractivity contribution in [3.8, 4) is 11.6 Å². The molecule has 10 heteroatoms. The molecule has 0 aliphatic heterocycles. The third-order valence-corrected chi connectivity index (χ3v) is 4.59. The third kappa shape index (κ3) is 4.09. The van der Waals surface area contributed by atoms with Crippen molar-refractivity contribution >= 4 is 23.4 Å². The average Bonchev–Trinajstić information content (AvgIpc) is 3.27. The van der Waals surface area contributed by atoms with E-state index >= 15 is 0 Å². The van der Waals surface area contributed by atoms with Crippen molar-refractivity contribution in [2.75, 3.05) is 0 Å². The number of nitro groups is 1. The number of rotatable bonds is 8. The second kappa shape index (κ2) is 7.83. The monoisotopic (exact) mass is 373 g/mol. The summed E-state index contributed by atoms with van der Waals surface area (Å²) in [5.41, 5.74) is 6.21. The molecule has 2 N–H and O–H groups in total. The SMILES string of the molecule is NC(=O)CCn1c(SCc2ccc([N+](=O)[O-])cc2)nnc1-c1ccco1. The van der Waals surface area contributed by atoms with E-state index < -0.39 is 10.8 Å². The second-order valence-corrected chi connectivity index (χ2v) is 6.31. The summed E-state index contributed by atoms with van der Waals surface area (Å²) < 4.78 is 7.14. The Bertz CT molecular complexity index is 905. The number of primary amides is 1. The summed E-state index contributed by atoms with van der Waals surface area (Å²) in [6.45, 7) is 0.334. The van der Waals surface area contributed by atoms with Crippen molar-refractivity contribution in [2.24, 2.45) is 5.73 Å². The number of amides is 1. The minimum absolute atomic E-state index is 0.0449. The quantitative estimate of drug-likeness (QED) is 0.365. The smallest absolute Gasteiger partial charge is 0.269 e. The van der Waals surface area contributed by atoms with Crippen LogP contribution in [0.25, 0.3) is 11.6 Å². The molecule has 0 unspecified atom stereocenters. The van der Waals surface area contributed by atoms with Crippen LogP contribution in [0.3, 0.4) is 0 Å². The first-order chi connectivity index (χ1) is 12.5. The standard InChI is InChI=1S/C16H15N5O4S/c17-14(22)7-8-20-15(13-2-1-9-25-13)18-19-16(20)26-10-11-3-5-12(6-4-11)21(23)24/h1-6,9H,7-8,10H2,(H2,17,22). The van der Waals surface area contributed by atoms with E-state index in [1.807, 2.05) is 0 Å². The fraction of sp³-hybridized carbons (Fsp3) is 0.188. The Morgan fingerprint density at radius 2 is 2.04 bits per heavy atom. The van der Waals surface area contributed by atoms with Gasteiger partial charge in [0.1, 0.15) is 0 Å². The summed E-state index contributed by atoms with van der Waals surface area (Å²) in [5.74, 6) is 1.19. The van der Waals surface area contributed by atoms with Crippen LogP contribution in [-0.4, -0.2) is 25.6 Å². The van der Waals surface area contributed by atoms with Gasteiger partial charge in [-0.2, -0.15) is 0 Å². The Hall–Kier alpha value is -3.14. The number of nitro benzene ring substituents is 1. The molecule has 0 saturated carbocycles. The van der Waals surface area contributed by atoms with Crippen molar-refractivity contribution in [1.82, 2.24) is 14.8 Å². The topological polar surface area (TPSA) is 130 Å². The minimum atomic E-state index is -0.437. The van der Waals surface area contributed by atoms with Gasteiger partial charge in [-0.3, -0.25) is 19.5 Å². The number of nitrogens with two attached hydrogens (primary N) is 1. The number of furan rings is 1. The highest BCUT2D eigenvalue weighted by atomic mass is 32.2. The number of thioether (sulfide) groups is 1. The predicted octanol–water partition coefficient (Wildman–Crippen LogP) is 2.61. The van der Waals surface area contributed by atoms with Gasteiger partial charge >= 0.3 is 0 Å². The van der Waals surface area contributed by atoms with Crippen LogP contribution in [0, 0.1) is 10.1 Å². The van der Waals surface area contributed by atoms with E-state index in [1.54, 1.807) is 28.8 Å². The van der Waals surface area contributed by atoms with Gasteiger partial charge in [0.25, 0.3) is 5.69 Å². The lowest BCUT2D eigenvalue weighted by molar-refractivity contribution is -0.384. The number of non-ortho nitro benzene ring substituents is 1. The minimum Gasteiger partial charge on any atom is -0.461 e. The molecule has 0 bridgehead atoms. The molecular formula is C16H15N5O4S. The van der Waals surface area contributed by atoms with Crippen molar-refractivity contribution in [2.45, 2.75) is 23.9 Å². The number of carbonyl (C=O) groups excluding carboxylic acids is 1. The highest BCUT2D eigenvalue weighted by Crippen LogP contribution is 2.27. The summed E-state index contributed by atoms with van der Waals surface area (Å²) in [4.78, 5) is 21.4. The molecule has 1 amide bonds. The number of nitrogens with zero attached hydrogens (tertiary/aromatic N) is 4. The van der Waals surface area contributed by atoms with Crippen LogP contribution in [0.4, 0.5) is 5.69 Å². The number of benzene rings is 1. The fourth-order valence-corrected chi connectivity index (χ4v) is 3.19. The van der Waals surface area contributed by atoms with Gasteiger partial charge in [0.05, 0.1) is 11.2 Å². The summed E-state index contributed by atoms with van der Waals surface area (Å²) in [6, 6.07) is 9.82. The van der Waals surface area contributed by atoms with Crippen LogP contribution < -0.4 is 5.73 Å². The first-order valence-electron chi connectivity index (χ1n) is 7.66. The molecule has 0 spiro atoms. The zero-order chi connectivity index (χ0) is 18.5. The Kier molecular flexibility index (Phi) is 5.32. The summed E-state index contributed by atoms with van der Waals surface area (Å²) in [5, 5.41) is 19.6. The highest BCUT2D eigenvalue weighted by Gasteiger charge is 2.17. The molecular weight excluding hydrogens is 358 g/mol. The third-order valence-electron chi connectivity index (χ3n) is 3.56. The van der Waals surface area contributed by atoms with Crippen molar-refractivity contribution in [3.05, 3.63) is 58.3 Å². The van der Waals surface area contributed by atoms with Gasteiger partial charge in [0.2, 0.25) is 5.91 Å². The van der Waals surface area contributed by atoms with Gasteiger partial charge in [-0.15, -0.1) is 10.2 Å². The van der Waals surface area contributed by atoms with E-state index in [4.69, 9.17) is 10.2 Å². The van der Waals surface area contributed by atoms with Crippen LogP contribution in [0.1, 0.15) is 12.0 Å². The first-order valence-corrected chi connectivity index (χ1v) is 8.64. The maximum absolute atomic E-state index is 11.2. The lowest BCUT2D eigenvalue weighted by Gasteiger charge is -2.08. The van der Waals surface area contributed by atoms with Crippen LogP contribution in [0.15, 0.2) is 52.2 Å². The molecule has 0 saturated heterocycles. The first kappa shape index (κ1) is 17.7. The van der Waals surface area contributed by atoms with Gasteiger partial charge in [-0.25, -0.2) is 0 Å². The summed E-state index contributed by atoms with van der Waals surface area (Å²) in [7, 11) is 0. The van der Waals surface area contributed by atoms with Crippen molar-refractivity contribution < 1.29 is 14.1 Å². The van der Waals surface area contributed by atoms with Gasteiger partial charge < -0.3 is 10.2 Å². The fourth-order valence-electron chi connectivity index (χ4n) is 2.27. The van der Waals surface area contributed by atoms with E-state index in [9.17, 15) is 14.9 Å². The molecule has 2 heterocycles. The molecule has 26 heavy (non-hydrogen) atoms. The second-order valence-electron chi connectivity index (χ2n) is 5.36. The molecule has 134 valence electrons. The molecule has 0 aliphatic carbocycles. The molecule has 9 nitrogen and oxygen atoms in total. The van der Waals surface area contributed by atoms with Crippen LogP contribution >= 0.6 is 11.8 Å². The highest BCUT2D eigenvalue weighted by molar-refractivity contribution is 7.98. The lowest BCUT2D eigenvalue weighted by atomic mass is 10.2. The van der Waals surface area contributed by atoms with E-state index in [0.29, 0.717) is 29.0 Å². The molecule has 3 aromatic rings. The molecule has 3 rings (SSSR count). The summed E-state index contributed by atoms with van der Waals surface area (Å²) in [6.07, 6.45) is 1.68. The van der Waals surface area contributed by atoms with E-state index in [0.717, 1.165) is 5.56 Å². The number of carbonyl (C=O) groups is 1. The van der Waals surface area contributed by atoms with E-state index in [2.05, 4.69) is 10.2 Å². The zero-order valence-corrected chi connectivity index (χ0v) is 14.4. The summed E-state index contributed by atoms with van der Waals surface area (Å²) >= 11 is 1.41. The maximum Gasteiger partial charge on any atom is 0.269 e. The zero-order valence-electron chi connectivity index (χ0n) is 13.6. The van der Waals surface area contributed by atoms with Gasteiger partial charge in [-0.1, -0.05) is 23.9 Å². The average molecular weight is 373 g/mol. The van der Waals surface area contributed by atoms with Crippen LogP contribution in [-0.2, 0) is 17.1 Å². The van der Waals surface area contributed by atoms with Crippen molar-refractivity contribution in [1.29, 1.82) is 0 Å². The molecule has 0 aliphatic rings. The molecule has 0 radical (unpaired) electrons. The van der Waals surface area contributed by atoms with Crippen LogP contribution in [0.5, 0.6) is 0 Å². The van der Waals surface area contributed by atoms with Crippen LogP contribution in [0.2, 0.25) is 0 Å². The van der Waals surface area contributed by atoms with Gasteiger partial charge in [0.15, 0.2) is 16.7 Å². The Balaban J connectivity index is 1.78. The maximum atomic E-state index is 11.2.